The summed E-state index contributed by atoms with van der Waals surface area (Å²) in [6.07, 6.45) is 3.27. The van der Waals surface area contributed by atoms with Crippen molar-refractivity contribution in [2.45, 2.75) is 19.6 Å². The minimum atomic E-state index is -0.301. The van der Waals surface area contributed by atoms with E-state index in [2.05, 4.69) is 10.3 Å². The van der Waals surface area contributed by atoms with Crippen molar-refractivity contribution in [2.75, 3.05) is 0 Å². The highest BCUT2D eigenvalue weighted by molar-refractivity contribution is 5.74. The molecule has 0 aliphatic rings. The molecule has 2 aromatic heterocycles. The van der Waals surface area contributed by atoms with E-state index in [1.165, 1.54) is 12.1 Å². The zero-order valence-electron chi connectivity index (χ0n) is 13.6. The molecule has 0 unspecified atom stereocenters. The molecule has 0 bridgehead atoms. The molecule has 5 nitrogen and oxygen atoms in total. The van der Waals surface area contributed by atoms with Crippen LogP contribution < -0.4 is 5.32 Å². The van der Waals surface area contributed by atoms with Gasteiger partial charge in [-0.2, -0.15) is 0 Å². The fourth-order valence-corrected chi connectivity index (χ4v) is 2.37. The first-order valence-electron chi connectivity index (χ1n) is 7.90. The Morgan fingerprint density at radius 1 is 1.08 bits per heavy atom. The molecule has 0 radical (unpaired) electrons. The predicted octanol–water partition coefficient (Wildman–Crippen LogP) is 3.73. The Hall–Kier alpha value is -3.15. The molecule has 2 heterocycles. The van der Waals surface area contributed by atoms with Crippen molar-refractivity contribution < 1.29 is 13.6 Å². The van der Waals surface area contributed by atoms with Crippen LogP contribution in [0.3, 0.4) is 0 Å². The number of nitrogens with zero attached hydrogens (tertiary/aromatic N) is 2. The van der Waals surface area contributed by atoms with Crippen LogP contribution in [0.15, 0.2) is 71.5 Å². The fourth-order valence-electron chi connectivity index (χ4n) is 2.37. The van der Waals surface area contributed by atoms with Gasteiger partial charge < -0.3 is 14.6 Å². The van der Waals surface area contributed by atoms with Crippen molar-refractivity contribution in [1.82, 2.24) is 15.2 Å². The molecule has 2 amide bonds. The lowest BCUT2D eigenvalue weighted by molar-refractivity contribution is 0.186. The van der Waals surface area contributed by atoms with E-state index in [0.717, 1.165) is 11.3 Å². The highest BCUT2D eigenvalue weighted by Gasteiger charge is 2.16. The van der Waals surface area contributed by atoms with Crippen LogP contribution in [0.4, 0.5) is 9.18 Å². The second kappa shape index (κ2) is 8.10. The third-order valence-electron chi connectivity index (χ3n) is 3.65. The molecule has 0 aliphatic heterocycles. The van der Waals surface area contributed by atoms with Gasteiger partial charge in [0.2, 0.25) is 0 Å². The van der Waals surface area contributed by atoms with E-state index < -0.39 is 0 Å². The number of carbonyl (C=O) groups is 1. The second-order valence-electron chi connectivity index (χ2n) is 5.54. The van der Waals surface area contributed by atoms with Crippen molar-refractivity contribution in [2.24, 2.45) is 0 Å². The van der Waals surface area contributed by atoms with Crippen LogP contribution in [-0.2, 0) is 19.6 Å². The van der Waals surface area contributed by atoms with E-state index in [-0.39, 0.29) is 11.8 Å². The van der Waals surface area contributed by atoms with E-state index in [1.807, 2.05) is 24.3 Å². The summed E-state index contributed by atoms with van der Waals surface area (Å²) in [6, 6.07) is 15.0. The van der Waals surface area contributed by atoms with E-state index in [4.69, 9.17) is 4.42 Å². The Balaban J connectivity index is 1.66. The van der Waals surface area contributed by atoms with Gasteiger partial charge >= 0.3 is 6.03 Å². The first-order valence-corrected chi connectivity index (χ1v) is 7.90. The lowest BCUT2D eigenvalue weighted by Gasteiger charge is -2.22. The number of urea groups is 1. The maximum atomic E-state index is 13.0. The largest absolute Gasteiger partial charge is 0.467 e. The molecule has 0 spiro atoms. The number of rotatable bonds is 6. The minimum absolute atomic E-state index is 0.244. The summed E-state index contributed by atoms with van der Waals surface area (Å²) in [5.74, 6) is 0.387. The number of aromatic nitrogens is 1. The molecule has 0 atom stereocenters. The minimum Gasteiger partial charge on any atom is -0.467 e. The molecule has 0 fully saturated rings. The number of benzene rings is 1. The number of carbonyl (C=O) groups excluding carboxylic acids is 1. The van der Waals surface area contributed by atoms with Crippen molar-refractivity contribution in [3.05, 3.63) is 89.9 Å². The van der Waals surface area contributed by atoms with Gasteiger partial charge in [-0.25, -0.2) is 9.18 Å². The molecule has 0 aliphatic carbocycles. The number of hydrogen-bond donors (Lipinski definition) is 1. The van der Waals surface area contributed by atoms with Gasteiger partial charge in [0.15, 0.2) is 0 Å². The topological polar surface area (TPSA) is 58.4 Å². The van der Waals surface area contributed by atoms with Gasteiger partial charge in [0.25, 0.3) is 0 Å². The summed E-state index contributed by atoms with van der Waals surface area (Å²) in [7, 11) is 0. The lowest BCUT2D eigenvalue weighted by Crippen LogP contribution is -2.38. The SMILES string of the molecule is O=C(NCc1ccc(F)cc1)N(Cc1ccccn1)Cc1ccco1. The third kappa shape index (κ3) is 4.91. The summed E-state index contributed by atoms with van der Waals surface area (Å²) in [6.45, 7) is 1.01. The van der Waals surface area contributed by atoms with Crippen LogP contribution in [0, 0.1) is 5.82 Å². The number of furan rings is 1. The Morgan fingerprint density at radius 2 is 1.92 bits per heavy atom. The molecule has 25 heavy (non-hydrogen) atoms. The molecular weight excluding hydrogens is 321 g/mol. The summed E-state index contributed by atoms with van der Waals surface area (Å²) in [4.78, 5) is 18.5. The first kappa shape index (κ1) is 16.7. The monoisotopic (exact) mass is 339 g/mol. The standard InChI is InChI=1S/C19H18FN3O2/c20-16-8-6-15(7-9-16)12-22-19(24)23(14-18-5-3-11-25-18)13-17-4-1-2-10-21-17/h1-11H,12-14H2,(H,22,24). The summed E-state index contributed by atoms with van der Waals surface area (Å²) in [5.41, 5.74) is 1.61. The number of pyridine rings is 1. The van der Waals surface area contributed by atoms with E-state index in [0.29, 0.717) is 25.4 Å². The van der Waals surface area contributed by atoms with Crippen molar-refractivity contribution in [1.29, 1.82) is 0 Å². The van der Waals surface area contributed by atoms with Crippen LogP contribution in [-0.4, -0.2) is 15.9 Å². The van der Waals surface area contributed by atoms with Crippen molar-refractivity contribution in [3.8, 4) is 0 Å². The van der Waals surface area contributed by atoms with Crippen LogP contribution in [0.2, 0.25) is 0 Å². The maximum absolute atomic E-state index is 13.0. The normalized spacial score (nSPS) is 10.4. The van der Waals surface area contributed by atoms with Gasteiger partial charge in [0, 0.05) is 12.7 Å². The first-order chi connectivity index (χ1) is 12.2. The van der Waals surface area contributed by atoms with Gasteiger partial charge in [-0.1, -0.05) is 18.2 Å². The average Bonchev–Trinajstić information content (AvgIpc) is 3.14. The van der Waals surface area contributed by atoms with E-state index >= 15 is 0 Å². The Kier molecular flexibility index (Phi) is 5.41. The Morgan fingerprint density at radius 3 is 2.60 bits per heavy atom. The molecule has 3 aromatic rings. The summed E-state index contributed by atoms with van der Waals surface area (Å²) >= 11 is 0. The van der Waals surface area contributed by atoms with Gasteiger partial charge in [-0.05, 0) is 42.0 Å². The number of amides is 2. The lowest BCUT2D eigenvalue weighted by atomic mass is 10.2. The zero-order chi connectivity index (χ0) is 17.5. The molecular formula is C19H18FN3O2. The number of halogens is 1. The van der Waals surface area contributed by atoms with Gasteiger partial charge in [-0.15, -0.1) is 0 Å². The van der Waals surface area contributed by atoms with Crippen molar-refractivity contribution >= 4 is 6.03 Å². The molecule has 1 N–H and O–H groups in total. The predicted molar refractivity (Wildman–Crippen MR) is 90.8 cm³/mol. The zero-order valence-corrected chi connectivity index (χ0v) is 13.6. The molecule has 1 aromatic carbocycles. The molecule has 0 saturated carbocycles. The van der Waals surface area contributed by atoms with Crippen LogP contribution >= 0.6 is 0 Å². The van der Waals surface area contributed by atoms with Gasteiger partial charge in [0.1, 0.15) is 11.6 Å². The fraction of sp³-hybridized carbons (Fsp3) is 0.158. The quantitative estimate of drug-likeness (QED) is 0.744. The number of nitrogens with one attached hydrogen (secondary N) is 1. The molecule has 0 saturated heterocycles. The highest BCUT2D eigenvalue weighted by Crippen LogP contribution is 2.10. The van der Waals surface area contributed by atoms with Crippen LogP contribution in [0.1, 0.15) is 17.0 Å². The Bertz CT molecular complexity index is 789. The second-order valence-corrected chi connectivity index (χ2v) is 5.54. The average molecular weight is 339 g/mol. The third-order valence-corrected chi connectivity index (χ3v) is 3.65. The molecule has 6 heteroatoms. The summed E-state index contributed by atoms with van der Waals surface area (Å²) in [5, 5.41) is 2.85. The van der Waals surface area contributed by atoms with E-state index in [1.54, 1.807) is 35.6 Å². The molecule has 3 rings (SSSR count). The van der Waals surface area contributed by atoms with E-state index in [9.17, 15) is 9.18 Å². The summed E-state index contributed by atoms with van der Waals surface area (Å²) < 4.78 is 18.3. The maximum Gasteiger partial charge on any atom is 0.318 e. The van der Waals surface area contributed by atoms with Gasteiger partial charge in [-0.3, -0.25) is 4.98 Å². The molecule has 128 valence electrons. The smallest absolute Gasteiger partial charge is 0.318 e. The van der Waals surface area contributed by atoms with Gasteiger partial charge in [0.05, 0.1) is 25.0 Å². The van der Waals surface area contributed by atoms with Crippen LogP contribution in [0.5, 0.6) is 0 Å². The number of hydrogen-bond acceptors (Lipinski definition) is 3. The Labute approximate surface area is 145 Å². The highest BCUT2D eigenvalue weighted by atomic mass is 19.1. The van der Waals surface area contributed by atoms with Crippen molar-refractivity contribution in [3.63, 3.8) is 0 Å². The van der Waals surface area contributed by atoms with Crippen LogP contribution in [0.25, 0.3) is 0 Å².